The minimum absolute atomic E-state index is 0.0712. The van der Waals surface area contributed by atoms with Gasteiger partial charge in [-0.1, -0.05) is 35.9 Å². The molecule has 1 amide bonds. The van der Waals surface area contributed by atoms with Crippen molar-refractivity contribution in [2.75, 3.05) is 18.5 Å². The standard InChI is InChI=1S/C19H20ClN5O/c1-24(18-8-7-17(20)12-21-18)14-19(26)22-11-15-5-2-3-6-16(15)13-25-10-4-9-23-25/h2-10,12H,11,13-14H2,1H3,(H,22,26). The zero-order valence-electron chi connectivity index (χ0n) is 14.5. The smallest absolute Gasteiger partial charge is 0.239 e. The van der Waals surface area contributed by atoms with Crippen LogP contribution in [0.4, 0.5) is 5.82 Å². The Bertz CT molecular complexity index is 849. The number of anilines is 1. The fourth-order valence-corrected chi connectivity index (χ4v) is 2.70. The van der Waals surface area contributed by atoms with E-state index >= 15 is 0 Å². The number of carbonyl (C=O) groups excluding carboxylic acids is 1. The van der Waals surface area contributed by atoms with E-state index in [1.165, 1.54) is 0 Å². The van der Waals surface area contributed by atoms with Crippen molar-refractivity contribution in [2.45, 2.75) is 13.1 Å². The number of nitrogens with one attached hydrogen (secondary N) is 1. The third kappa shape index (κ3) is 4.83. The summed E-state index contributed by atoms with van der Waals surface area (Å²) in [5.74, 6) is 0.627. The van der Waals surface area contributed by atoms with Gasteiger partial charge < -0.3 is 10.2 Å². The molecule has 7 heteroatoms. The summed E-state index contributed by atoms with van der Waals surface area (Å²) in [7, 11) is 1.82. The normalized spacial score (nSPS) is 10.5. The van der Waals surface area contributed by atoms with Crippen LogP contribution in [0.25, 0.3) is 0 Å². The van der Waals surface area contributed by atoms with Crippen molar-refractivity contribution in [3.63, 3.8) is 0 Å². The van der Waals surface area contributed by atoms with E-state index in [1.54, 1.807) is 29.4 Å². The topological polar surface area (TPSA) is 63.1 Å². The van der Waals surface area contributed by atoms with E-state index in [0.29, 0.717) is 23.9 Å². The van der Waals surface area contributed by atoms with E-state index < -0.39 is 0 Å². The number of carbonyl (C=O) groups is 1. The number of halogens is 1. The second kappa shape index (κ2) is 8.49. The fourth-order valence-electron chi connectivity index (χ4n) is 2.59. The summed E-state index contributed by atoms with van der Waals surface area (Å²) in [5.41, 5.74) is 2.20. The molecule has 0 saturated heterocycles. The van der Waals surface area contributed by atoms with Gasteiger partial charge in [-0.25, -0.2) is 4.98 Å². The fraction of sp³-hybridized carbons (Fsp3) is 0.211. The third-order valence-electron chi connectivity index (χ3n) is 3.97. The summed E-state index contributed by atoms with van der Waals surface area (Å²) in [5, 5.41) is 7.77. The molecule has 26 heavy (non-hydrogen) atoms. The summed E-state index contributed by atoms with van der Waals surface area (Å²) >= 11 is 5.84. The first-order chi connectivity index (χ1) is 12.6. The van der Waals surface area contributed by atoms with Gasteiger partial charge in [0.1, 0.15) is 5.82 Å². The first-order valence-corrected chi connectivity index (χ1v) is 8.63. The Morgan fingerprint density at radius 2 is 2.00 bits per heavy atom. The predicted molar refractivity (Wildman–Crippen MR) is 102 cm³/mol. The Hall–Kier alpha value is -2.86. The van der Waals surface area contributed by atoms with Gasteiger partial charge in [-0.15, -0.1) is 0 Å². The van der Waals surface area contributed by atoms with Gasteiger partial charge >= 0.3 is 0 Å². The number of hydrogen-bond donors (Lipinski definition) is 1. The molecule has 3 aromatic rings. The van der Waals surface area contributed by atoms with Crippen molar-refractivity contribution in [1.29, 1.82) is 0 Å². The van der Waals surface area contributed by atoms with Crippen molar-refractivity contribution in [2.24, 2.45) is 0 Å². The van der Waals surface area contributed by atoms with Gasteiger partial charge in [-0.05, 0) is 29.3 Å². The van der Waals surface area contributed by atoms with Gasteiger partial charge in [0.05, 0.1) is 18.1 Å². The van der Waals surface area contributed by atoms with Gasteiger partial charge in [0, 0.05) is 32.2 Å². The number of pyridine rings is 1. The minimum atomic E-state index is -0.0712. The average Bonchev–Trinajstić information content (AvgIpc) is 3.14. The van der Waals surface area contributed by atoms with Crippen molar-refractivity contribution in [1.82, 2.24) is 20.1 Å². The van der Waals surface area contributed by atoms with E-state index in [-0.39, 0.29) is 12.5 Å². The van der Waals surface area contributed by atoms with E-state index in [4.69, 9.17) is 11.6 Å². The number of amides is 1. The number of nitrogens with zero attached hydrogens (tertiary/aromatic N) is 4. The van der Waals surface area contributed by atoms with Crippen molar-refractivity contribution in [3.8, 4) is 0 Å². The Labute approximate surface area is 157 Å². The molecule has 2 aromatic heterocycles. The Morgan fingerprint density at radius 1 is 1.19 bits per heavy atom. The highest BCUT2D eigenvalue weighted by molar-refractivity contribution is 6.30. The van der Waals surface area contributed by atoms with Crippen LogP contribution < -0.4 is 10.2 Å². The molecule has 0 fully saturated rings. The Morgan fingerprint density at radius 3 is 2.69 bits per heavy atom. The molecule has 1 aromatic carbocycles. The zero-order chi connectivity index (χ0) is 18.4. The molecular formula is C19H20ClN5O. The molecule has 0 atom stereocenters. The molecule has 0 aliphatic heterocycles. The lowest BCUT2D eigenvalue weighted by molar-refractivity contribution is -0.119. The summed E-state index contributed by atoms with van der Waals surface area (Å²) in [6.07, 6.45) is 5.24. The first kappa shape index (κ1) is 17.9. The van der Waals surface area contributed by atoms with E-state index in [1.807, 2.05) is 48.3 Å². The van der Waals surface area contributed by atoms with Gasteiger partial charge in [-0.2, -0.15) is 5.10 Å². The Balaban J connectivity index is 1.57. The van der Waals surface area contributed by atoms with Crippen LogP contribution in [-0.2, 0) is 17.9 Å². The van der Waals surface area contributed by atoms with Crippen LogP contribution in [0.3, 0.4) is 0 Å². The largest absolute Gasteiger partial charge is 0.350 e. The SMILES string of the molecule is CN(CC(=O)NCc1ccccc1Cn1cccn1)c1ccc(Cl)cn1. The molecule has 0 saturated carbocycles. The molecule has 0 bridgehead atoms. The Kier molecular flexibility index (Phi) is 5.86. The van der Waals surface area contributed by atoms with E-state index in [2.05, 4.69) is 15.4 Å². The average molecular weight is 370 g/mol. The maximum Gasteiger partial charge on any atom is 0.239 e. The lowest BCUT2D eigenvalue weighted by atomic mass is 10.1. The quantitative estimate of drug-likeness (QED) is 0.695. The highest BCUT2D eigenvalue weighted by atomic mass is 35.5. The van der Waals surface area contributed by atoms with E-state index in [9.17, 15) is 4.79 Å². The molecule has 0 radical (unpaired) electrons. The van der Waals surface area contributed by atoms with Gasteiger partial charge in [0.2, 0.25) is 5.91 Å². The lowest BCUT2D eigenvalue weighted by Crippen LogP contribution is -2.35. The molecule has 3 rings (SSSR count). The van der Waals surface area contributed by atoms with Crippen LogP contribution in [-0.4, -0.2) is 34.3 Å². The van der Waals surface area contributed by atoms with Crippen LogP contribution in [0.1, 0.15) is 11.1 Å². The zero-order valence-corrected chi connectivity index (χ0v) is 15.2. The summed E-state index contributed by atoms with van der Waals surface area (Å²) in [4.78, 5) is 18.3. The monoisotopic (exact) mass is 369 g/mol. The second-order valence-electron chi connectivity index (χ2n) is 5.94. The molecule has 2 heterocycles. The van der Waals surface area contributed by atoms with Gasteiger partial charge in [-0.3, -0.25) is 9.48 Å². The van der Waals surface area contributed by atoms with Gasteiger partial charge in [0.25, 0.3) is 0 Å². The number of rotatable bonds is 7. The maximum absolute atomic E-state index is 12.3. The molecule has 0 spiro atoms. The number of benzene rings is 1. The van der Waals surface area contributed by atoms with E-state index in [0.717, 1.165) is 11.1 Å². The maximum atomic E-state index is 12.3. The van der Waals surface area contributed by atoms with Crippen LogP contribution in [0.2, 0.25) is 5.02 Å². The van der Waals surface area contributed by atoms with Crippen molar-refractivity contribution < 1.29 is 4.79 Å². The lowest BCUT2D eigenvalue weighted by Gasteiger charge is -2.18. The van der Waals surface area contributed by atoms with Crippen LogP contribution in [0, 0.1) is 0 Å². The number of hydrogen-bond acceptors (Lipinski definition) is 4. The van der Waals surface area contributed by atoms with Crippen LogP contribution in [0.15, 0.2) is 61.1 Å². The second-order valence-corrected chi connectivity index (χ2v) is 6.38. The molecule has 0 unspecified atom stereocenters. The molecule has 134 valence electrons. The van der Waals surface area contributed by atoms with Gasteiger partial charge in [0.15, 0.2) is 0 Å². The minimum Gasteiger partial charge on any atom is -0.350 e. The molecule has 6 nitrogen and oxygen atoms in total. The summed E-state index contributed by atoms with van der Waals surface area (Å²) < 4.78 is 1.86. The van der Waals surface area contributed by atoms with Crippen molar-refractivity contribution >= 4 is 23.3 Å². The highest BCUT2D eigenvalue weighted by Gasteiger charge is 2.10. The predicted octanol–water partition coefficient (Wildman–Crippen LogP) is 2.73. The molecule has 0 aliphatic carbocycles. The van der Waals surface area contributed by atoms with Crippen molar-refractivity contribution in [3.05, 3.63) is 77.2 Å². The molecule has 0 aliphatic rings. The highest BCUT2D eigenvalue weighted by Crippen LogP contribution is 2.13. The number of aromatic nitrogens is 3. The van der Waals surface area contributed by atoms with Crippen LogP contribution in [0.5, 0.6) is 0 Å². The molecular weight excluding hydrogens is 350 g/mol. The van der Waals surface area contributed by atoms with Crippen LogP contribution >= 0.6 is 11.6 Å². The first-order valence-electron chi connectivity index (χ1n) is 8.25. The molecule has 1 N–H and O–H groups in total. The summed E-state index contributed by atoms with van der Waals surface area (Å²) in [6, 6.07) is 13.5. The third-order valence-corrected chi connectivity index (χ3v) is 4.19. The summed E-state index contributed by atoms with van der Waals surface area (Å²) in [6.45, 7) is 1.36. The number of likely N-dealkylation sites (N-methyl/N-ethyl adjacent to an activating group) is 1.